The number of β-lactam (4-membered cyclic amide) rings is 1. The fraction of sp³-hybridized carbons (Fsp3) is 0.360. The van der Waals surface area contributed by atoms with Crippen molar-refractivity contribution >= 4 is 63.2 Å². The predicted molar refractivity (Wildman–Crippen MR) is 154 cm³/mol. The minimum absolute atomic E-state index is 0.0659. The summed E-state index contributed by atoms with van der Waals surface area (Å²) in [4.78, 5) is 49.1. The molecule has 0 bridgehead atoms. The maximum atomic E-state index is 13.2. The van der Waals surface area contributed by atoms with E-state index in [9.17, 15) is 19.5 Å². The summed E-state index contributed by atoms with van der Waals surface area (Å²) in [6, 6.07) is 4.88. The average molecular weight is 601 g/mol. The Balaban J connectivity index is 1.35. The Bertz CT molecular complexity index is 1550. The summed E-state index contributed by atoms with van der Waals surface area (Å²) in [5.74, 6) is -1.13. The fourth-order valence-electron chi connectivity index (χ4n) is 4.67. The van der Waals surface area contributed by atoms with Crippen molar-refractivity contribution in [2.75, 3.05) is 36.5 Å². The molecule has 14 nitrogen and oxygen atoms in total. The molecule has 16 heteroatoms. The van der Waals surface area contributed by atoms with Gasteiger partial charge in [0.05, 0.1) is 0 Å². The molecule has 0 radical (unpaired) electrons. The summed E-state index contributed by atoms with van der Waals surface area (Å²) in [7, 11) is 0. The summed E-state index contributed by atoms with van der Waals surface area (Å²) < 4.78 is 3.92. The van der Waals surface area contributed by atoms with Crippen LogP contribution in [0.25, 0.3) is 5.65 Å². The number of aromatic nitrogens is 3. The maximum absolute atomic E-state index is 13.2. The van der Waals surface area contributed by atoms with Crippen LogP contribution in [0.1, 0.15) is 19.0 Å². The van der Waals surface area contributed by atoms with Gasteiger partial charge in [-0.2, -0.15) is 4.40 Å². The van der Waals surface area contributed by atoms with Gasteiger partial charge in [0.25, 0.3) is 17.5 Å². The first-order chi connectivity index (χ1) is 19.8. The van der Waals surface area contributed by atoms with Gasteiger partial charge in [0.2, 0.25) is 0 Å². The summed E-state index contributed by atoms with van der Waals surface area (Å²) in [5, 5.41) is 21.3. The van der Waals surface area contributed by atoms with E-state index in [0.717, 1.165) is 35.8 Å². The third-order valence-corrected chi connectivity index (χ3v) is 8.56. The van der Waals surface area contributed by atoms with Crippen molar-refractivity contribution in [2.24, 2.45) is 10.9 Å². The van der Waals surface area contributed by atoms with Gasteiger partial charge in [0.15, 0.2) is 16.7 Å². The highest BCUT2D eigenvalue weighted by molar-refractivity contribution is 8.00. The smallest absolute Gasteiger partial charge is 0.352 e. The van der Waals surface area contributed by atoms with Gasteiger partial charge in [-0.1, -0.05) is 5.16 Å². The molecule has 2 amide bonds. The van der Waals surface area contributed by atoms with Crippen molar-refractivity contribution in [3.05, 3.63) is 52.9 Å². The number of thiazole rings is 1. The molecule has 7 N–H and O–H groups in total. The van der Waals surface area contributed by atoms with Crippen LogP contribution in [0.3, 0.4) is 0 Å². The fourth-order valence-corrected chi connectivity index (χ4v) is 6.55. The van der Waals surface area contributed by atoms with Crippen LogP contribution >= 0.6 is 23.1 Å². The number of carbonyl (C=O) groups excluding carboxylic acids is 2. The molecule has 1 saturated heterocycles. The Morgan fingerprint density at radius 3 is 2.90 bits per heavy atom. The molecule has 3 aromatic rings. The summed E-state index contributed by atoms with van der Waals surface area (Å²) in [6.07, 6.45) is 4.60. The molecule has 2 aliphatic rings. The van der Waals surface area contributed by atoms with Gasteiger partial charge in [-0.3, -0.25) is 14.5 Å². The van der Waals surface area contributed by atoms with Crippen molar-refractivity contribution in [1.82, 2.24) is 19.6 Å². The first-order valence-electron chi connectivity index (χ1n) is 12.9. The normalized spacial score (nSPS) is 18.7. The number of carboxylic acid groups (broad SMARTS) is 1. The molecule has 0 aliphatic carbocycles. The highest BCUT2D eigenvalue weighted by atomic mass is 32.2. The average Bonchev–Trinajstić information content (AvgIpc) is 3.58. The molecule has 5 heterocycles. The van der Waals surface area contributed by atoms with E-state index < -0.39 is 29.2 Å². The lowest BCUT2D eigenvalue weighted by Gasteiger charge is -2.49. The van der Waals surface area contributed by atoms with Crippen LogP contribution in [0.15, 0.2) is 52.4 Å². The van der Waals surface area contributed by atoms with Gasteiger partial charge >= 0.3 is 5.97 Å². The molecule has 0 spiro atoms. The number of aliphatic carboxylic acids is 1. The number of amides is 2. The zero-order chi connectivity index (χ0) is 29.1. The topological polar surface area (TPSA) is 194 Å². The zero-order valence-corrected chi connectivity index (χ0v) is 23.8. The number of oxime groups is 1. The second-order valence-corrected chi connectivity index (χ2v) is 11.2. The number of anilines is 2. The Kier molecular flexibility index (Phi) is 8.41. The van der Waals surface area contributed by atoms with E-state index in [-0.39, 0.29) is 35.4 Å². The minimum atomic E-state index is -1.20. The molecule has 2 aliphatic heterocycles. The molecule has 3 aromatic heterocycles. The lowest BCUT2D eigenvalue weighted by molar-refractivity contribution is -0.662. The molecular weight excluding hydrogens is 570 g/mol. The van der Waals surface area contributed by atoms with Crippen molar-refractivity contribution < 1.29 is 28.9 Å². The number of thioether (sulfide) groups is 1. The van der Waals surface area contributed by atoms with Gasteiger partial charge in [-0.15, -0.1) is 23.1 Å². The highest BCUT2D eigenvalue weighted by Gasteiger charge is 2.54. The van der Waals surface area contributed by atoms with Crippen LogP contribution in [-0.4, -0.2) is 79.8 Å². The van der Waals surface area contributed by atoms with Crippen LogP contribution in [0, 0.1) is 0 Å². The number of pyridine rings is 1. The van der Waals surface area contributed by atoms with Crippen molar-refractivity contribution in [3.63, 3.8) is 0 Å². The number of imidazole rings is 1. The Morgan fingerprint density at radius 2 is 2.20 bits per heavy atom. The van der Waals surface area contributed by atoms with E-state index in [1.54, 1.807) is 12.3 Å². The lowest BCUT2D eigenvalue weighted by atomic mass is 10.0. The minimum Gasteiger partial charge on any atom is -0.477 e. The number of carboxylic acids is 1. The van der Waals surface area contributed by atoms with Gasteiger partial charge in [0, 0.05) is 35.4 Å². The second-order valence-electron chi connectivity index (χ2n) is 9.18. The van der Waals surface area contributed by atoms with Crippen molar-refractivity contribution in [1.29, 1.82) is 0 Å². The molecule has 216 valence electrons. The molecule has 0 aromatic carbocycles. The van der Waals surface area contributed by atoms with Crippen LogP contribution in [0.2, 0.25) is 0 Å². The van der Waals surface area contributed by atoms with E-state index in [1.165, 1.54) is 16.7 Å². The number of nitrogens with zero attached hydrogens (tertiary/aromatic N) is 5. The van der Waals surface area contributed by atoms with Gasteiger partial charge in [-0.25, -0.2) is 14.3 Å². The number of rotatable bonds is 12. The Hall–Kier alpha value is -4.15. The van der Waals surface area contributed by atoms with Gasteiger partial charge < -0.3 is 32.0 Å². The first kappa shape index (κ1) is 28.4. The van der Waals surface area contributed by atoms with Gasteiger partial charge in [0.1, 0.15) is 48.4 Å². The molecule has 41 heavy (non-hydrogen) atoms. The van der Waals surface area contributed by atoms with Crippen molar-refractivity contribution in [3.8, 4) is 0 Å². The van der Waals surface area contributed by atoms with Crippen LogP contribution in [0.4, 0.5) is 10.9 Å². The number of nitrogens with two attached hydrogens (primary N) is 2. The largest absolute Gasteiger partial charge is 0.477 e. The number of hydrogen-bond acceptors (Lipinski definition) is 11. The van der Waals surface area contributed by atoms with Gasteiger partial charge in [-0.05, 0) is 26.0 Å². The SMILES string of the molecule is CCO/N=C(\C(=O)N[C@@H]1C(=O)N2C(C(=O)O)=C(C[n+]3ccn4c(NCCCN)cccc43)CS[C@@H]12)c1csc(N)n1. The number of carbonyl (C=O) groups is 3. The van der Waals surface area contributed by atoms with Crippen LogP contribution in [0.5, 0.6) is 0 Å². The standard InChI is InChI=1S/C25H29N9O5S2/c1-2-39-31-18(15-13-41-25(27)29-15)21(35)30-19-22(36)34-20(24(37)38)14(12-40-23(19)34)11-32-9-10-33-16(28-8-4-7-26)5-3-6-17(32)33/h3,5-6,9-10,13,19,23H,2,4,7-8,11-12,26H2,1H3,(H4,27,29,30,35,37,38)/p+1/b31-18-/t19-,23+/m1/s1. The third-order valence-electron chi connectivity index (χ3n) is 6.54. The molecule has 2 atom stereocenters. The Morgan fingerprint density at radius 1 is 1.37 bits per heavy atom. The summed E-state index contributed by atoms with van der Waals surface area (Å²) in [5.41, 5.74) is 12.8. The van der Waals surface area contributed by atoms with E-state index in [1.807, 2.05) is 39.6 Å². The molecule has 1 fully saturated rings. The number of hydrogen-bond donors (Lipinski definition) is 5. The lowest BCUT2D eigenvalue weighted by Crippen LogP contribution is -2.71. The molecule has 0 saturated carbocycles. The second kappa shape index (κ2) is 12.2. The number of nitrogens with one attached hydrogen (secondary N) is 2. The number of nitrogen functional groups attached to an aromatic ring is 1. The predicted octanol–water partition coefficient (Wildman–Crippen LogP) is 0.206. The third kappa shape index (κ3) is 5.57. The molecule has 0 unspecified atom stereocenters. The van der Waals surface area contributed by atoms with E-state index in [0.29, 0.717) is 17.9 Å². The number of fused-ring (bicyclic) bond motifs is 2. The quantitative estimate of drug-likeness (QED) is 0.0631. The molecule has 5 rings (SSSR count). The van der Waals surface area contributed by atoms with E-state index in [2.05, 4.69) is 20.8 Å². The highest BCUT2D eigenvalue weighted by Crippen LogP contribution is 2.40. The Labute approximate surface area is 243 Å². The summed E-state index contributed by atoms with van der Waals surface area (Å²) in [6.45, 7) is 3.53. The van der Waals surface area contributed by atoms with Crippen LogP contribution in [-0.2, 0) is 25.8 Å². The zero-order valence-electron chi connectivity index (χ0n) is 22.1. The maximum Gasteiger partial charge on any atom is 0.352 e. The van der Waals surface area contributed by atoms with Crippen molar-refractivity contribution in [2.45, 2.75) is 31.3 Å². The van der Waals surface area contributed by atoms with E-state index >= 15 is 0 Å². The van der Waals surface area contributed by atoms with Crippen LogP contribution < -0.4 is 26.7 Å². The monoisotopic (exact) mass is 600 g/mol. The first-order valence-corrected chi connectivity index (χ1v) is 14.8. The summed E-state index contributed by atoms with van der Waals surface area (Å²) >= 11 is 2.53. The molecular formula is C25H30N9O5S2+. The van der Waals surface area contributed by atoms with E-state index in [4.69, 9.17) is 16.3 Å².